The van der Waals surface area contributed by atoms with Gasteiger partial charge in [0.15, 0.2) is 0 Å². The van der Waals surface area contributed by atoms with Crippen LogP contribution in [0.25, 0.3) is 0 Å². The lowest BCUT2D eigenvalue weighted by Crippen LogP contribution is -2.17. The molecule has 0 saturated carbocycles. The minimum atomic E-state index is -1.18. The summed E-state index contributed by atoms with van der Waals surface area (Å²) >= 11 is 5.92. The summed E-state index contributed by atoms with van der Waals surface area (Å²) < 4.78 is 0. The number of para-hydroxylation sites is 1. The van der Waals surface area contributed by atoms with Crippen molar-refractivity contribution >= 4 is 29.2 Å². The van der Waals surface area contributed by atoms with Gasteiger partial charge in [-0.05, 0) is 19.1 Å². The summed E-state index contributed by atoms with van der Waals surface area (Å²) in [6, 6.07) is 4.34. The number of carboxylic acids is 1. The van der Waals surface area contributed by atoms with Crippen LogP contribution in [0.1, 0.15) is 26.5 Å². The first-order valence-corrected chi connectivity index (χ1v) is 5.98. The van der Waals surface area contributed by atoms with Gasteiger partial charge in [0, 0.05) is 6.20 Å². The third kappa shape index (κ3) is 2.92. The van der Waals surface area contributed by atoms with Crippen molar-refractivity contribution in [3.63, 3.8) is 0 Å². The monoisotopic (exact) mass is 291 g/mol. The van der Waals surface area contributed by atoms with Gasteiger partial charge >= 0.3 is 5.97 Å². The van der Waals surface area contributed by atoms with Gasteiger partial charge in [0.25, 0.3) is 5.91 Å². The quantitative estimate of drug-likeness (QED) is 0.906. The molecule has 1 heterocycles. The molecule has 102 valence electrons. The summed E-state index contributed by atoms with van der Waals surface area (Å²) in [5.41, 5.74) is 0.692. The highest BCUT2D eigenvalue weighted by Gasteiger charge is 2.17. The second-order valence-electron chi connectivity index (χ2n) is 3.96. The Morgan fingerprint density at radius 3 is 2.60 bits per heavy atom. The van der Waals surface area contributed by atoms with Crippen molar-refractivity contribution in [1.82, 2.24) is 9.97 Å². The molecule has 0 aliphatic carbocycles. The predicted molar refractivity (Wildman–Crippen MR) is 73.1 cm³/mol. The van der Waals surface area contributed by atoms with Crippen molar-refractivity contribution in [1.29, 1.82) is 0 Å². The van der Waals surface area contributed by atoms with Crippen molar-refractivity contribution in [3.05, 3.63) is 52.6 Å². The molecule has 20 heavy (non-hydrogen) atoms. The fourth-order valence-corrected chi connectivity index (χ4v) is 1.74. The summed E-state index contributed by atoms with van der Waals surface area (Å²) in [5.74, 6) is -1.76. The lowest BCUT2D eigenvalue weighted by Gasteiger charge is -2.09. The van der Waals surface area contributed by atoms with Crippen molar-refractivity contribution in [2.45, 2.75) is 6.92 Å². The normalized spacial score (nSPS) is 10.1. The van der Waals surface area contributed by atoms with E-state index in [1.54, 1.807) is 6.92 Å². The molecule has 0 atom stereocenters. The van der Waals surface area contributed by atoms with Gasteiger partial charge in [-0.1, -0.05) is 17.7 Å². The van der Waals surface area contributed by atoms with Gasteiger partial charge in [0.05, 0.1) is 28.2 Å². The van der Waals surface area contributed by atoms with Crippen LogP contribution in [0.2, 0.25) is 5.02 Å². The van der Waals surface area contributed by atoms with E-state index in [0.717, 1.165) is 0 Å². The second-order valence-corrected chi connectivity index (χ2v) is 4.37. The number of carbonyl (C=O) groups is 2. The Morgan fingerprint density at radius 2 is 2.00 bits per heavy atom. The molecule has 1 aromatic carbocycles. The fraction of sp³-hybridized carbons (Fsp3) is 0.0769. The van der Waals surface area contributed by atoms with E-state index in [2.05, 4.69) is 15.3 Å². The predicted octanol–water partition coefficient (Wildman–Crippen LogP) is 2.39. The molecule has 0 saturated heterocycles. The second kappa shape index (κ2) is 5.66. The highest BCUT2D eigenvalue weighted by molar-refractivity contribution is 6.34. The number of hydrogen-bond acceptors (Lipinski definition) is 4. The Bertz CT molecular complexity index is 671. The van der Waals surface area contributed by atoms with E-state index in [1.165, 1.54) is 30.6 Å². The van der Waals surface area contributed by atoms with Crippen LogP contribution in [0, 0.1) is 6.92 Å². The van der Waals surface area contributed by atoms with Crippen LogP contribution in [0.15, 0.2) is 30.6 Å². The molecule has 0 radical (unpaired) electrons. The minimum Gasteiger partial charge on any atom is -0.478 e. The van der Waals surface area contributed by atoms with Crippen LogP contribution in [0.5, 0.6) is 0 Å². The number of aryl methyl sites for hydroxylation is 1. The van der Waals surface area contributed by atoms with Gasteiger partial charge in [-0.25, -0.2) is 9.78 Å². The number of rotatable bonds is 3. The number of hydrogen-bond donors (Lipinski definition) is 2. The van der Waals surface area contributed by atoms with Crippen LogP contribution in [0.4, 0.5) is 5.69 Å². The molecule has 6 nitrogen and oxygen atoms in total. The number of aromatic nitrogens is 2. The summed E-state index contributed by atoms with van der Waals surface area (Å²) in [7, 11) is 0. The highest BCUT2D eigenvalue weighted by Crippen LogP contribution is 2.26. The first-order chi connectivity index (χ1) is 9.49. The third-order valence-corrected chi connectivity index (χ3v) is 2.81. The van der Waals surface area contributed by atoms with Crippen LogP contribution in [-0.2, 0) is 0 Å². The zero-order valence-corrected chi connectivity index (χ0v) is 11.2. The lowest BCUT2D eigenvalue weighted by atomic mass is 10.1. The molecule has 0 bridgehead atoms. The molecule has 0 spiro atoms. The van der Waals surface area contributed by atoms with Gasteiger partial charge in [-0.15, -0.1) is 0 Å². The standard InChI is InChI=1S/C13H10ClN3O3/c1-7-5-16-10(6-15-7)12(18)17-11-8(13(19)20)3-2-4-9(11)14/h2-6H,1H3,(H,17,18)(H,19,20). The van der Waals surface area contributed by atoms with Crippen LogP contribution in [0.3, 0.4) is 0 Å². The molecule has 1 amide bonds. The number of aromatic carboxylic acids is 1. The SMILES string of the molecule is Cc1cnc(C(=O)Nc2c(Cl)cccc2C(=O)O)cn1. The van der Waals surface area contributed by atoms with Gasteiger partial charge in [0.2, 0.25) is 0 Å². The zero-order valence-electron chi connectivity index (χ0n) is 10.4. The molecule has 0 fully saturated rings. The maximum atomic E-state index is 12.0. The molecule has 2 rings (SSSR count). The molecule has 2 aromatic rings. The Morgan fingerprint density at radius 1 is 1.25 bits per heavy atom. The van der Waals surface area contributed by atoms with E-state index >= 15 is 0 Å². The molecular weight excluding hydrogens is 282 g/mol. The van der Waals surface area contributed by atoms with E-state index in [0.29, 0.717) is 5.69 Å². The Kier molecular flexibility index (Phi) is 3.95. The van der Waals surface area contributed by atoms with E-state index < -0.39 is 11.9 Å². The van der Waals surface area contributed by atoms with E-state index in [4.69, 9.17) is 16.7 Å². The summed E-state index contributed by atoms with van der Waals surface area (Å²) in [6.45, 7) is 1.74. The van der Waals surface area contributed by atoms with Crippen LogP contribution >= 0.6 is 11.6 Å². The molecule has 0 unspecified atom stereocenters. The number of benzene rings is 1. The average Bonchev–Trinajstić information content (AvgIpc) is 2.41. The van der Waals surface area contributed by atoms with E-state index in [1.807, 2.05) is 0 Å². The number of nitrogens with zero attached hydrogens (tertiary/aromatic N) is 2. The Hall–Kier alpha value is -2.47. The summed E-state index contributed by atoms with van der Waals surface area (Å²) in [6.07, 6.45) is 2.75. The topological polar surface area (TPSA) is 92.2 Å². The number of anilines is 1. The highest BCUT2D eigenvalue weighted by atomic mass is 35.5. The average molecular weight is 292 g/mol. The molecule has 2 N–H and O–H groups in total. The van der Waals surface area contributed by atoms with Gasteiger partial charge < -0.3 is 10.4 Å². The lowest BCUT2D eigenvalue weighted by molar-refractivity contribution is 0.0698. The smallest absolute Gasteiger partial charge is 0.337 e. The maximum absolute atomic E-state index is 12.0. The van der Waals surface area contributed by atoms with Crippen LogP contribution < -0.4 is 5.32 Å². The molecule has 7 heteroatoms. The molecule has 1 aromatic heterocycles. The fourth-order valence-electron chi connectivity index (χ4n) is 1.52. The summed E-state index contributed by atoms with van der Waals surface area (Å²) in [5, 5.41) is 11.7. The molecule has 0 aliphatic heterocycles. The number of carboxylic acid groups (broad SMARTS) is 1. The van der Waals surface area contributed by atoms with Crippen molar-refractivity contribution in [3.8, 4) is 0 Å². The first kappa shape index (κ1) is 14.0. The third-order valence-electron chi connectivity index (χ3n) is 2.50. The minimum absolute atomic E-state index is 0.0361. The number of halogens is 1. The largest absolute Gasteiger partial charge is 0.478 e. The Labute approximate surface area is 119 Å². The van der Waals surface area contributed by atoms with Crippen molar-refractivity contribution in [2.24, 2.45) is 0 Å². The first-order valence-electron chi connectivity index (χ1n) is 5.61. The van der Waals surface area contributed by atoms with Gasteiger partial charge in [-0.2, -0.15) is 0 Å². The zero-order chi connectivity index (χ0) is 14.7. The number of carbonyl (C=O) groups excluding carboxylic acids is 1. The van der Waals surface area contributed by atoms with Crippen LogP contribution in [-0.4, -0.2) is 27.0 Å². The van der Waals surface area contributed by atoms with Crippen molar-refractivity contribution in [2.75, 3.05) is 5.32 Å². The summed E-state index contributed by atoms with van der Waals surface area (Å²) in [4.78, 5) is 30.9. The van der Waals surface area contributed by atoms with E-state index in [9.17, 15) is 9.59 Å². The van der Waals surface area contributed by atoms with E-state index in [-0.39, 0.29) is 22.0 Å². The molecule has 0 aliphatic rings. The van der Waals surface area contributed by atoms with Gasteiger partial charge in [0.1, 0.15) is 5.69 Å². The van der Waals surface area contributed by atoms with Gasteiger partial charge in [-0.3, -0.25) is 9.78 Å². The Balaban J connectivity index is 2.32. The maximum Gasteiger partial charge on any atom is 0.337 e. The number of amides is 1. The number of nitrogens with one attached hydrogen (secondary N) is 1. The van der Waals surface area contributed by atoms with Crippen molar-refractivity contribution < 1.29 is 14.7 Å². The molecular formula is C13H10ClN3O3.